The summed E-state index contributed by atoms with van der Waals surface area (Å²) in [5.41, 5.74) is 1.90. The molecule has 0 spiro atoms. The first kappa shape index (κ1) is 26.7. The minimum atomic E-state index is -0.741. The average Bonchev–Trinajstić information content (AvgIpc) is 3.52. The van der Waals surface area contributed by atoms with E-state index >= 15 is 0 Å². The van der Waals surface area contributed by atoms with E-state index in [1.54, 1.807) is 62.6 Å². The highest BCUT2D eigenvalue weighted by Crippen LogP contribution is 2.32. The number of aromatic nitrogens is 1. The van der Waals surface area contributed by atoms with Gasteiger partial charge in [0.05, 0.1) is 39.0 Å². The smallest absolute Gasteiger partial charge is 0.338 e. The zero-order valence-corrected chi connectivity index (χ0v) is 23.3. The van der Waals surface area contributed by atoms with Crippen LogP contribution in [0.4, 0.5) is 0 Å². The molecule has 0 N–H and O–H groups in total. The molecule has 39 heavy (non-hydrogen) atoms. The van der Waals surface area contributed by atoms with Gasteiger partial charge in [0.25, 0.3) is 5.56 Å². The normalized spacial score (nSPS) is 15.1. The molecule has 0 aliphatic carbocycles. The number of ether oxygens (including phenoxy) is 2. The van der Waals surface area contributed by atoms with Crippen molar-refractivity contribution in [3.8, 4) is 17.1 Å². The Hall–Kier alpha value is -3.85. The van der Waals surface area contributed by atoms with E-state index in [4.69, 9.17) is 37.1 Å². The van der Waals surface area contributed by atoms with E-state index in [1.165, 1.54) is 22.0 Å². The first-order chi connectivity index (χ1) is 18.8. The molecule has 10 heteroatoms. The largest absolute Gasteiger partial charge is 0.497 e. The molecule has 7 nitrogen and oxygen atoms in total. The molecule has 0 unspecified atom stereocenters. The third-order valence-electron chi connectivity index (χ3n) is 6.11. The Morgan fingerprint density at radius 2 is 1.92 bits per heavy atom. The first-order valence-electron chi connectivity index (χ1n) is 11.8. The number of thiazole rings is 1. The van der Waals surface area contributed by atoms with Gasteiger partial charge in [-0.05, 0) is 55.0 Å². The van der Waals surface area contributed by atoms with Gasteiger partial charge in [-0.2, -0.15) is 0 Å². The topological polar surface area (TPSA) is 83.0 Å². The fourth-order valence-corrected chi connectivity index (χ4v) is 5.59. The molecule has 0 fully saturated rings. The fraction of sp³-hybridized carbons (Fsp3) is 0.138. The highest BCUT2D eigenvalue weighted by Gasteiger charge is 2.33. The Kier molecular flexibility index (Phi) is 7.61. The summed E-state index contributed by atoms with van der Waals surface area (Å²) in [4.78, 5) is 31.9. The first-order valence-corrected chi connectivity index (χ1v) is 13.4. The van der Waals surface area contributed by atoms with Crippen LogP contribution in [0.25, 0.3) is 17.4 Å². The maximum atomic E-state index is 13.8. The number of methoxy groups -OCH3 is 1. The monoisotopic (exact) mass is 580 g/mol. The molecule has 5 rings (SSSR count). The van der Waals surface area contributed by atoms with Gasteiger partial charge >= 0.3 is 5.97 Å². The van der Waals surface area contributed by atoms with Crippen LogP contribution in [0, 0.1) is 0 Å². The molecule has 3 heterocycles. The molecule has 2 aromatic heterocycles. The van der Waals surface area contributed by atoms with Gasteiger partial charge in [-0.15, -0.1) is 0 Å². The van der Waals surface area contributed by atoms with E-state index in [1.807, 2.05) is 12.1 Å². The van der Waals surface area contributed by atoms with Crippen molar-refractivity contribution >= 4 is 46.6 Å². The van der Waals surface area contributed by atoms with Crippen molar-refractivity contribution in [2.45, 2.75) is 13.0 Å². The van der Waals surface area contributed by atoms with Gasteiger partial charge in [-0.1, -0.05) is 59.3 Å². The molecular weight excluding hydrogens is 559 g/mol. The van der Waals surface area contributed by atoms with Crippen molar-refractivity contribution in [2.24, 2.45) is 4.99 Å². The molecule has 0 saturated heterocycles. The Bertz CT molecular complexity index is 1800. The summed E-state index contributed by atoms with van der Waals surface area (Å²) in [5.74, 6) is 1.14. The van der Waals surface area contributed by atoms with Crippen LogP contribution in [0.5, 0.6) is 5.75 Å². The highest BCUT2D eigenvalue weighted by atomic mass is 35.5. The zero-order chi connectivity index (χ0) is 27.7. The number of benzene rings is 2. The highest BCUT2D eigenvalue weighted by molar-refractivity contribution is 7.07. The lowest BCUT2D eigenvalue weighted by Gasteiger charge is -2.24. The molecule has 0 radical (unpaired) electrons. The van der Waals surface area contributed by atoms with Crippen molar-refractivity contribution in [1.29, 1.82) is 0 Å². The molecule has 0 bridgehead atoms. The summed E-state index contributed by atoms with van der Waals surface area (Å²) in [7, 11) is 1.57. The van der Waals surface area contributed by atoms with E-state index in [0.29, 0.717) is 47.9 Å². The summed E-state index contributed by atoms with van der Waals surface area (Å²) in [6.45, 7) is 5.37. The molecular formula is C29H22Cl2N2O5S. The Morgan fingerprint density at radius 3 is 2.62 bits per heavy atom. The third kappa shape index (κ3) is 5.23. The van der Waals surface area contributed by atoms with E-state index in [-0.39, 0.29) is 17.7 Å². The van der Waals surface area contributed by atoms with Crippen LogP contribution in [0.3, 0.4) is 0 Å². The van der Waals surface area contributed by atoms with Gasteiger partial charge in [0.1, 0.15) is 23.9 Å². The number of furan rings is 1. The summed E-state index contributed by atoms with van der Waals surface area (Å²) in [6.07, 6.45) is 3.14. The van der Waals surface area contributed by atoms with Crippen LogP contribution < -0.4 is 19.6 Å². The molecule has 1 aliphatic rings. The van der Waals surface area contributed by atoms with Crippen molar-refractivity contribution in [3.05, 3.63) is 120 Å². The van der Waals surface area contributed by atoms with Crippen LogP contribution in [0.1, 0.15) is 24.3 Å². The Labute approximate surface area is 237 Å². The Morgan fingerprint density at radius 1 is 1.15 bits per heavy atom. The number of carbonyl (C=O) groups is 1. The van der Waals surface area contributed by atoms with E-state index in [0.717, 1.165) is 5.56 Å². The molecule has 0 saturated carbocycles. The third-order valence-corrected chi connectivity index (χ3v) is 7.83. The minimum Gasteiger partial charge on any atom is -0.497 e. The Balaban J connectivity index is 1.61. The van der Waals surface area contributed by atoms with Gasteiger partial charge in [0, 0.05) is 11.6 Å². The van der Waals surface area contributed by atoms with Crippen molar-refractivity contribution in [3.63, 3.8) is 0 Å². The number of carbonyl (C=O) groups excluding carboxylic acids is 1. The number of allylic oxidation sites excluding steroid dienone is 1. The van der Waals surface area contributed by atoms with E-state index in [2.05, 4.69) is 11.6 Å². The molecule has 0 amide bonds. The zero-order valence-electron chi connectivity index (χ0n) is 20.9. The average molecular weight is 581 g/mol. The van der Waals surface area contributed by atoms with E-state index < -0.39 is 12.0 Å². The standard InChI is InChI=1S/C29H22Cl2N2O5S/c1-4-13-37-28(35)25-16(2)32-29-33(26(25)17-5-8-19(36-3)9-6-17)27(34)24(39-29)15-20-10-12-23(38-20)18-7-11-21(30)22(31)14-18/h4-12,14-15,26H,1,13H2,2-3H3/b24-15-/t26-/m1/s1. The molecule has 2 aromatic carbocycles. The summed E-state index contributed by atoms with van der Waals surface area (Å²) >= 11 is 13.4. The lowest BCUT2D eigenvalue weighted by atomic mass is 9.96. The molecule has 198 valence electrons. The second-order valence-electron chi connectivity index (χ2n) is 8.57. The predicted molar refractivity (Wildman–Crippen MR) is 152 cm³/mol. The van der Waals surface area contributed by atoms with Gasteiger partial charge in [-0.25, -0.2) is 9.79 Å². The van der Waals surface area contributed by atoms with Crippen LogP contribution in [0.2, 0.25) is 10.0 Å². The summed E-state index contributed by atoms with van der Waals surface area (Å²) in [6, 6.07) is 15.2. The van der Waals surface area contributed by atoms with Crippen molar-refractivity contribution in [2.75, 3.05) is 13.7 Å². The van der Waals surface area contributed by atoms with Gasteiger partial charge in [-0.3, -0.25) is 9.36 Å². The number of fused-ring (bicyclic) bond motifs is 1. The summed E-state index contributed by atoms with van der Waals surface area (Å²) < 4.78 is 18.5. The van der Waals surface area contributed by atoms with E-state index in [9.17, 15) is 9.59 Å². The molecule has 1 atom stereocenters. The second-order valence-corrected chi connectivity index (χ2v) is 10.4. The lowest BCUT2D eigenvalue weighted by Crippen LogP contribution is -2.39. The quantitative estimate of drug-likeness (QED) is 0.212. The second kappa shape index (κ2) is 11.1. The van der Waals surface area contributed by atoms with Crippen molar-refractivity contribution < 1.29 is 18.7 Å². The number of hydrogen-bond acceptors (Lipinski definition) is 7. The predicted octanol–water partition coefficient (Wildman–Crippen LogP) is 5.54. The maximum absolute atomic E-state index is 13.8. The van der Waals surface area contributed by atoms with Crippen LogP contribution in [-0.4, -0.2) is 24.3 Å². The van der Waals surface area contributed by atoms with Gasteiger partial charge < -0.3 is 13.9 Å². The number of esters is 1. The number of nitrogens with zero attached hydrogens (tertiary/aromatic N) is 2. The van der Waals surface area contributed by atoms with Crippen LogP contribution in [0.15, 0.2) is 92.7 Å². The van der Waals surface area contributed by atoms with Crippen molar-refractivity contribution in [1.82, 2.24) is 4.57 Å². The summed E-state index contributed by atoms with van der Waals surface area (Å²) in [5, 5.41) is 0.861. The number of hydrogen-bond donors (Lipinski definition) is 0. The number of halogens is 2. The number of rotatable bonds is 7. The minimum absolute atomic E-state index is 0.0367. The fourth-order valence-electron chi connectivity index (χ4n) is 4.26. The molecule has 1 aliphatic heterocycles. The molecule has 4 aromatic rings. The van der Waals surface area contributed by atoms with Crippen LogP contribution >= 0.6 is 34.5 Å². The van der Waals surface area contributed by atoms with Gasteiger partial charge in [0.15, 0.2) is 4.80 Å². The maximum Gasteiger partial charge on any atom is 0.338 e. The lowest BCUT2D eigenvalue weighted by molar-refractivity contribution is -0.138. The van der Waals surface area contributed by atoms with Crippen LogP contribution in [-0.2, 0) is 9.53 Å². The van der Waals surface area contributed by atoms with Gasteiger partial charge in [0.2, 0.25) is 0 Å². The SMILES string of the molecule is C=CCOC(=O)C1=C(C)N=c2s/c(=C\c3ccc(-c4ccc(Cl)c(Cl)c4)o3)c(=O)n2[C@@H]1c1ccc(OC)cc1.